The molecule has 6 nitrogen and oxygen atoms in total. The number of rotatable bonds is 4. The number of aliphatic imine (C=N–C) groups is 1. The zero-order valence-electron chi connectivity index (χ0n) is 19.6. The number of nitrogens with one attached hydrogen (secondary N) is 2. The molecule has 0 radical (unpaired) electrons. The van der Waals surface area contributed by atoms with Crippen molar-refractivity contribution in [3.05, 3.63) is 72.6 Å². The minimum absolute atomic E-state index is 0.284. The van der Waals surface area contributed by atoms with E-state index in [9.17, 15) is 4.39 Å². The lowest BCUT2D eigenvalue weighted by Crippen LogP contribution is -2.08. The van der Waals surface area contributed by atoms with E-state index in [1.807, 2.05) is 30.6 Å². The Labute approximate surface area is 202 Å². The number of allylic oxidation sites excluding steroid dienone is 1. The normalized spacial score (nSPS) is 16.4. The zero-order valence-corrected chi connectivity index (χ0v) is 19.6. The monoisotopic (exact) mass is 464 g/mol. The lowest BCUT2D eigenvalue weighted by Gasteiger charge is -2.11. The highest BCUT2D eigenvalue weighted by molar-refractivity contribution is 6.00. The van der Waals surface area contributed by atoms with Crippen molar-refractivity contribution in [1.29, 1.82) is 0 Å². The fourth-order valence-electron chi connectivity index (χ4n) is 4.93. The van der Waals surface area contributed by atoms with E-state index in [0.717, 1.165) is 75.0 Å². The third-order valence-electron chi connectivity index (χ3n) is 6.95. The molecule has 5 heterocycles. The first-order chi connectivity index (χ1) is 17.1. The van der Waals surface area contributed by atoms with Crippen molar-refractivity contribution in [3.63, 3.8) is 0 Å². The Morgan fingerprint density at radius 2 is 1.91 bits per heavy atom. The maximum Gasteiger partial charge on any atom is 0.123 e. The van der Waals surface area contributed by atoms with Gasteiger partial charge in [0.25, 0.3) is 0 Å². The molecule has 1 aliphatic rings. The largest absolute Gasteiger partial charge is 0.353 e. The number of nitrogens with zero attached hydrogens (tertiary/aromatic N) is 4. The van der Waals surface area contributed by atoms with Crippen LogP contribution in [0.4, 0.5) is 4.39 Å². The van der Waals surface area contributed by atoms with E-state index in [0.29, 0.717) is 5.92 Å². The van der Waals surface area contributed by atoms with Crippen LogP contribution in [0.3, 0.4) is 0 Å². The molecule has 6 rings (SSSR count). The molecular weight excluding hydrogens is 439 g/mol. The van der Waals surface area contributed by atoms with Crippen LogP contribution in [0.25, 0.3) is 50.0 Å². The van der Waals surface area contributed by atoms with Crippen LogP contribution in [0, 0.1) is 11.7 Å². The number of halogens is 1. The summed E-state index contributed by atoms with van der Waals surface area (Å²) >= 11 is 0. The van der Waals surface area contributed by atoms with Gasteiger partial charge >= 0.3 is 0 Å². The van der Waals surface area contributed by atoms with Gasteiger partial charge in [-0.1, -0.05) is 19.1 Å². The van der Waals surface area contributed by atoms with E-state index in [2.05, 4.69) is 40.1 Å². The lowest BCUT2D eigenvalue weighted by atomic mass is 9.93. The molecule has 5 aromatic rings. The topological polar surface area (TPSA) is 82.6 Å². The highest BCUT2D eigenvalue weighted by atomic mass is 19.1. The molecule has 4 aromatic heterocycles. The Bertz CT molecular complexity index is 1620. The molecular formula is C28H25FN6. The van der Waals surface area contributed by atoms with Crippen LogP contribution in [0.15, 0.2) is 66.1 Å². The molecule has 0 spiro atoms. The van der Waals surface area contributed by atoms with Crippen molar-refractivity contribution >= 4 is 33.1 Å². The summed E-state index contributed by atoms with van der Waals surface area (Å²) in [7, 11) is 0. The zero-order chi connectivity index (χ0) is 23.9. The summed E-state index contributed by atoms with van der Waals surface area (Å²) in [6.45, 7) is 4.33. The summed E-state index contributed by atoms with van der Waals surface area (Å²) < 4.78 is 13.9. The summed E-state index contributed by atoms with van der Waals surface area (Å²) in [4.78, 5) is 17.4. The van der Waals surface area contributed by atoms with Gasteiger partial charge in [-0.05, 0) is 68.0 Å². The maximum atomic E-state index is 13.9. The van der Waals surface area contributed by atoms with Gasteiger partial charge in [0, 0.05) is 40.0 Å². The fourth-order valence-corrected chi connectivity index (χ4v) is 4.93. The van der Waals surface area contributed by atoms with Gasteiger partial charge in [0.1, 0.15) is 11.5 Å². The van der Waals surface area contributed by atoms with E-state index in [-0.39, 0.29) is 5.82 Å². The first-order valence-corrected chi connectivity index (χ1v) is 11.9. The third kappa shape index (κ3) is 3.83. The quantitative estimate of drug-likeness (QED) is 0.302. The van der Waals surface area contributed by atoms with Gasteiger partial charge in [0.2, 0.25) is 0 Å². The number of H-pyrrole nitrogens is 2. The van der Waals surface area contributed by atoms with E-state index < -0.39 is 0 Å². The second-order valence-electron chi connectivity index (χ2n) is 9.07. The number of aromatic amines is 2. The van der Waals surface area contributed by atoms with Crippen molar-refractivity contribution in [2.75, 3.05) is 0 Å². The molecule has 0 aliphatic carbocycles. The summed E-state index contributed by atoms with van der Waals surface area (Å²) in [5.41, 5.74) is 8.18. The van der Waals surface area contributed by atoms with Gasteiger partial charge in [0.05, 0.1) is 28.8 Å². The van der Waals surface area contributed by atoms with Crippen LogP contribution in [-0.4, -0.2) is 30.9 Å². The molecule has 7 heteroatoms. The minimum Gasteiger partial charge on any atom is -0.353 e. The standard InChI is InChI=1S/C28H25FN6/c1-3-17-7-8-19(14-31-16(17)2)24-12-22-26(15-32-24)34-35-28(22)25-13-21-23(33-25)9-10-30-27(21)18-5-4-6-20(29)11-18/h4-6,9-15,17,33H,3,7-8H2,1-2H3,(H,34,35). The molecule has 0 fully saturated rings. The van der Waals surface area contributed by atoms with Gasteiger partial charge in [0.15, 0.2) is 0 Å². The van der Waals surface area contributed by atoms with Crippen molar-refractivity contribution in [2.24, 2.45) is 10.9 Å². The van der Waals surface area contributed by atoms with Crippen LogP contribution in [0.1, 0.15) is 38.8 Å². The number of fused-ring (bicyclic) bond motifs is 2. The molecule has 0 saturated heterocycles. The van der Waals surface area contributed by atoms with Crippen molar-refractivity contribution in [3.8, 4) is 22.6 Å². The van der Waals surface area contributed by atoms with Crippen molar-refractivity contribution in [1.82, 2.24) is 25.1 Å². The second-order valence-corrected chi connectivity index (χ2v) is 9.07. The molecule has 1 aromatic carbocycles. The first-order valence-electron chi connectivity index (χ1n) is 11.9. The van der Waals surface area contributed by atoms with E-state index in [4.69, 9.17) is 9.98 Å². The summed E-state index contributed by atoms with van der Waals surface area (Å²) in [6, 6.07) is 12.6. The highest BCUT2D eigenvalue weighted by Gasteiger charge is 2.18. The molecule has 1 aliphatic heterocycles. The van der Waals surface area contributed by atoms with E-state index in [1.165, 1.54) is 17.8 Å². The highest BCUT2D eigenvalue weighted by Crippen LogP contribution is 2.34. The summed E-state index contributed by atoms with van der Waals surface area (Å²) in [5, 5.41) is 9.60. The summed E-state index contributed by atoms with van der Waals surface area (Å²) in [6.07, 6.45) is 8.66. The number of benzene rings is 1. The van der Waals surface area contributed by atoms with Crippen LogP contribution >= 0.6 is 0 Å². The predicted octanol–water partition coefficient (Wildman–Crippen LogP) is 6.93. The molecule has 1 unspecified atom stereocenters. The number of hydrogen-bond acceptors (Lipinski definition) is 4. The SMILES string of the molecule is CCC1CCC(c2cc3c(-c4cc5c(-c6cccc(F)c6)nccc5[nH]4)n[nH]c3cn2)=CN=C1C. The number of hydrogen-bond donors (Lipinski definition) is 2. The van der Waals surface area contributed by atoms with Gasteiger partial charge in [-0.3, -0.25) is 20.1 Å². The Morgan fingerprint density at radius 3 is 2.77 bits per heavy atom. The maximum absolute atomic E-state index is 13.9. The molecule has 35 heavy (non-hydrogen) atoms. The molecule has 1 atom stereocenters. The third-order valence-corrected chi connectivity index (χ3v) is 6.95. The average molecular weight is 465 g/mol. The predicted molar refractivity (Wildman–Crippen MR) is 138 cm³/mol. The molecule has 174 valence electrons. The number of aromatic nitrogens is 5. The Kier molecular flexibility index (Phi) is 5.25. The first kappa shape index (κ1) is 21.4. The van der Waals surface area contributed by atoms with Gasteiger partial charge < -0.3 is 4.98 Å². The minimum atomic E-state index is -0.284. The molecule has 0 amide bonds. The smallest absolute Gasteiger partial charge is 0.123 e. The van der Waals surface area contributed by atoms with Crippen LogP contribution in [-0.2, 0) is 0 Å². The lowest BCUT2D eigenvalue weighted by molar-refractivity contribution is 0.618. The fraction of sp³-hybridized carbons (Fsp3) is 0.214. The Morgan fingerprint density at radius 1 is 1.03 bits per heavy atom. The molecule has 0 saturated carbocycles. The van der Waals surface area contributed by atoms with Crippen LogP contribution in [0.5, 0.6) is 0 Å². The van der Waals surface area contributed by atoms with Crippen LogP contribution < -0.4 is 0 Å². The van der Waals surface area contributed by atoms with Crippen molar-refractivity contribution < 1.29 is 4.39 Å². The van der Waals surface area contributed by atoms with E-state index in [1.54, 1.807) is 12.3 Å². The summed E-state index contributed by atoms with van der Waals surface area (Å²) in [5.74, 6) is 0.234. The van der Waals surface area contributed by atoms with Crippen molar-refractivity contribution in [2.45, 2.75) is 33.1 Å². The Hall–Kier alpha value is -4.13. The molecule has 2 N–H and O–H groups in total. The van der Waals surface area contributed by atoms with E-state index >= 15 is 0 Å². The van der Waals surface area contributed by atoms with Gasteiger partial charge in [-0.25, -0.2) is 4.39 Å². The second kappa shape index (κ2) is 8.58. The van der Waals surface area contributed by atoms with Gasteiger partial charge in [-0.15, -0.1) is 0 Å². The van der Waals surface area contributed by atoms with Gasteiger partial charge in [-0.2, -0.15) is 5.10 Å². The Balaban J connectivity index is 1.43. The number of pyridine rings is 2. The average Bonchev–Trinajstić information content (AvgIpc) is 3.44. The van der Waals surface area contributed by atoms with Crippen LogP contribution in [0.2, 0.25) is 0 Å². The molecule has 0 bridgehead atoms.